The molecular formula is C25H21N3O4. The average molecular weight is 427 g/mol. The zero-order valence-corrected chi connectivity index (χ0v) is 17.6. The fourth-order valence-electron chi connectivity index (χ4n) is 4.21. The molecule has 7 heteroatoms. The summed E-state index contributed by atoms with van der Waals surface area (Å²) in [4.78, 5) is 29.4. The van der Waals surface area contributed by atoms with Gasteiger partial charge in [0.2, 0.25) is 5.84 Å². The Labute approximate surface area is 183 Å². The molecule has 2 atom stereocenters. The summed E-state index contributed by atoms with van der Waals surface area (Å²) in [5.74, 6) is -0.495. The van der Waals surface area contributed by atoms with Gasteiger partial charge in [-0.3, -0.25) is 10.4 Å². The summed E-state index contributed by atoms with van der Waals surface area (Å²) >= 11 is 0. The topological polar surface area (TPSA) is 92.9 Å². The van der Waals surface area contributed by atoms with Crippen LogP contribution in [0.5, 0.6) is 0 Å². The molecule has 4 aromatic rings. The van der Waals surface area contributed by atoms with Gasteiger partial charge in [-0.1, -0.05) is 66.2 Å². The predicted molar refractivity (Wildman–Crippen MR) is 122 cm³/mol. The number of methoxy groups -OCH3 is 1. The molecular weight excluding hydrogens is 406 g/mol. The molecule has 0 saturated heterocycles. The maximum Gasteiger partial charge on any atom is 0.374 e. The van der Waals surface area contributed by atoms with Gasteiger partial charge in [-0.05, 0) is 23.4 Å². The number of benzene rings is 3. The molecule has 0 bridgehead atoms. The van der Waals surface area contributed by atoms with E-state index in [0.717, 1.165) is 32.8 Å². The SMILES string of the molecule is COC(=O)C1=NC(c2cccc(C)c2)C(c2cc(=O)oc3c2ccc2ccccc23)NN1. The molecule has 0 spiro atoms. The van der Waals surface area contributed by atoms with E-state index < -0.39 is 23.7 Å². The van der Waals surface area contributed by atoms with Gasteiger partial charge in [0.25, 0.3) is 0 Å². The molecule has 2 heterocycles. The Morgan fingerprint density at radius 1 is 1.03 bits per heavy atom. The van der Waals surface area contributed by atoms with E-state index in [9.17, 15) is 9.59 Å². The minimum Gasteiger partial charge on any atom is -0.463 e. The van der Waals surface area contributed by atoms with Crippen molar-refractivity contribution in [2.75, 3.05) is 7.11 Å². The summed E-state index contributed by atoms with van der Waals surface area (Å²) in [6.07, 6.45) is 0. The number of aryl methyl sites for hydroxylation is 1. The first kappa shape index (κ1) is 20.0. The van der Waals surface area contributed by atoms with Gasteiger partial charge in [0, 0.05) is 16.8 Å². The molecule has 0 aliphatic carbocycles. The average Bonchev–Trinajstić information content (AvgIpc) is 2.82. The monoisotopic (exact) mass is 427 g/mol. The fourth-order valence-corrected chi connectivity index (χ4v) is 4.21. The van der Waals surface area contributed by atoms with Gasteiger partial charge >= 0.3 is 11.6 Å². The second kappa shape index (κ2) is 7.94. The highest BCUT2D eigenvalue weighted by atomic mass is 16.5. The van der Waals surface area contributed by atoms with E-state index in [1.165, 1.54) is 13.2 Å². The smallest absolute Gasteiger partial charge is 0.374 e. The third-order valence-electron chi connectivity index (χ3n) is 5.69. The molecule has 1 aliphatic rings. The van der Waals surface area contributed by atoms with Crippen molar-refractivity contribution >= 4 is 33.5 Å². The van der Waals surface area contributed by atoms with Crippen LogP contribution in [-0.4, -0.2) is 18.9 Å². The Morgan fingerprint density at radius 2 is 1.88 bits per heavy atom. The number of hydrogen-bond donors (Lipinski definition) is 2. The molecule has 5 rings (SSSR count). The third-order valence-corrected chi connectivity index (χ3v) is 5.69. The maximum atomic E-state index is 12.6. The summed E-state index contributed by atoms with van der Waals surface area (Å²) in [5, 5.41) is 2.65. The summed E-state index contributed by atoms with van der Waals surface area (Å²) < 4.78 is 10.5. The van der Waals surface area contributed by atoms with Crippen molar-refractivity contribution in [3.8, 4) is 0 Å². The van der Waals surface area contributed by atoms with E-state index in [4.69, 9.17) is 9.15 Å². The first-order valence-corrected chi connectivity index (χ1v) is 10.2. The number of nitrogens with zero attached hydrogens (tertiary/aromatic N) is 1. The minimum absolute atomic E-state index is 0.0768. The number of aliphatic imine (C=N–C) groups is 1. The van der Waals surface area contributed by atoms with Crippen LogP contribution in [0.25, 0.3) is 21.7 Å². The standard InChI is InChI=1S/C25H21N3O4/c1-14-6-5-8-16(12-14)21-22(27-28-24(26-21)25(30)31-2)19-13-20(29)32-23-17-9-4-3-7-15(17)10-11-18(19)23/h3-13,21-22,27H,1-2H3,(H,26,28). The third kappa shape index (κ3) is 3.42. The number of nitrogens with one attached hydrogen (secondary N) is 2. The number of esters is 1. The highest BCUT2D eigenvalue weighted by molar-refractivity contribution is 6.35. The van der Waals surface area contributed by atoms with Crippen molar-refractivity contribution < 1.29 is 13.9 Å². The van der Waals surface area contributed by atoms with Crippen LogP contribution in [0.4, 0.5) is 0 Å². The molecule has 0 saturated carbocycles. The number of hydrogen-bond acceptors (Lipinski definition) is 7. The predicted octanol–water partition coefficient (Wildman–Crippen LogP) is 3.72. The van der Waals surface area contributed by atoms with E-state index >= 15 is 0 Å². The van der Waals surface area contributed by atoms with Crippen LogP contribution >= 0.6 is 0 Å². The minimum atomic E-state index is -0.572. The molecule has 0 amide bonds. The molecule has 0 radical (unpaired) electrons. The molecule has 160 valence electrons. The Hall–Kier alpha value is -3.97. The lowest BCUT2D eigenvalue weighted by atomic mass is 9.90. The van der Waals surface area contributed by atoms with Crippen molar-refractivity contribution in [3.05, 3.63) is 93.8 Å². The normalized spacial score (nSPS) is 18.2. The molecule has 3 aromatic carbocycles. The van der Waals surface area contributed by atoms with Crippen LogP contribution in [-0.2, 0) is 9.53 Å². The number of carbonyl (C=O) groups excluding carboxylic acids is 1. The van der Waals surface area contributed by atoms with Crippen LogP contribution in [0.1, 0.15) is 28.8 Å². The van der Waals surface area contributed by atoms with E-state index in [1.807, 2.05) is 67.6 Å². The lowest BCUT2D eigenvalue weighted by molar-refractivity contribution is -0.133. The summed E-state index contributed by atoms with van der Waals surface area (Å²) in [6, 6.07) is 20.2. The van der Waals surface area contributed by atoms with Crippen molar-refractivity contribution in [1.82, 2.24) is 10.9 Å². The molecule has 2 N–H and O–H groups in total. The molecule has 0 fully saturated rings. The number of ether oxygens (including phenoxy) is 1. The highest BCUT2D eigenvalue weighted by Crippen LogP contribution is 2.38. The van der Waals surface area contributed by atoms with Gasteiger partial charge in [-0.15, -0.1) is 0 Å². The van der Waals surface area contributed by atoms with Gasteiger partial charge in [0.1, 0.15) is 5.58 Å². The zero-order valence-electron chi connectivity index (χ0n) is 17.6. The van der Waals surface area contributed by atoms with Gasteiger partial charge in [0.15, 0.2) is 0 Å². The number of rotatable bonds is 3. The van der Waals surface area contributed by atoms with E-state index in [2.05, 4.69) is 15.8 Å². The number of hydrazine groups is 1. The lowest BCUT2D eigenvalue weighted by Gasteiger charge is -2.32. The number of carbonyl (C=O) groups is 1. The Kier molecular flexibility index (Phi) is 4.95. The van der Waals surface area contributed by atoms with Crippen molar-refractivity contribution in [2.24, 2.45) is 4.99 Å². The Bertz CT molecular complexity index is 1440. The summed E-state index contributed by atoms with van der Waals surface area (Å²) in [6.45, 7) is 2.00. The van der Waals surface area contributed by atoms with Gasteiger partial charge in [0.05, 0.1) is 19.2 Å². The van der Waals surface area contributed by atoms with Crippen molar-refractivity contribution in [2.45, 2.75) is 19.0 Å². The fraction of sp³-hybridized carbons (Fsp3) is 0.160. The van der Waals surface area contributed by atoms with Crippen LogP contribution in [0.15, 0.2) is 80.9 Å². The Morgan fingerprint density at radius 3 is 2.69 bits per heavy atom. The van der Waals surface area contributed by atoms with Gasteiger partial charge < -0.3 is 9.15 Å². The zero-order chi connectivity index (χ0) is 22.2. The first-order valence-electron chi connectivity index (χ1n) is 10.2. The van der Waals surface area contributed by atoms with E-state index in [0.29, 0.717) is 5.58 Å². The van der Waals surface area contributed by atoms with Crippen molar-refractivity contribution in [1.29, 1.82) is 0 Å². The Balaban J connectivity index is 1.73. The van der Waals surface area contributed by atoms with Crippen LogP contribution in [0.3, 0.4) is 0 Å². The van der Waals surface area contributed by atoms with E-state index in [-0.39, 0.29) is 5.84 Å². The lowest BCUT2D eigenvalue weighted by Crippen LogP contribution is -2.49. The van der Waals surface area contributed by atoms with Gasteiger partial charge in [-0.2, -0.15) is 0 Å². The number of fused-ring (bicyclic) bond motifs is 3. The van der Waals surface area contributed by atoms with Crippen molar-refractivity contribution in [3.63, 3.8) is 0 Å². The van der Waals surface area contributed by atoms with Crippen LogP contribution in [0.2, 0.25) is 0 Å². The first-order chi connectivity index (χ1) is 15.5. The molecule has 7 nitrogen and oxygen atoms in total. The van der Waals surface area contributed by atoms with Crippen LogP contribution in [0, 0.1) is 6.92 Å². The quantitative estimate of drug-likeness (QED) is 0.294. The van der Waals surface area contributed by atoms with Gasteiger partial charge in [-0.25, -0.2) is 15.0 Å². The highest BCUT2D eigenvalue weighted by Gasteiger charge is 2.33. The van der Waals surface area contributed by atoms with Crippen LogP contribution < -0.4 is 16.5 Å². The number of amidine groups is 1. The summed E-state index contributed by atoms with van der Waals surface area (Å²) in [5.41, 5.74) is 8.81. The van der Waals surface area contributed by atoms with E-state index in [1.54, 1.807) is 0 Å². The second-order valence-electron chi connectivity index (χ2n) is 7.76. The molecule has 2 unspecified atom stereocenters. The molecule has 1 aromatic heterocycles. The second-order valence-corrected chi connectivity index (χ2v) is 7.76. The maximum absolute atomic E-state index is 12.6. The molecule has 32 heavy (non-hydrogen) atoms. The summed E-state index contributed by atoms with van der Waals surface area (Å²) in [7, 11) is 1.31. The molecule has 1 aliphatic heterocycles. The largest absolute Gasteiger partial charge is 0.463 e.